The fraction of sp³-hybridized carbons (Fsp3) is 0.579. The van der Waals surface area contributed by atoms with Crippen molar-refractivity contribution in [1.82, 2.24) is 0 Å². The molecular weight excluding hydrogens is 322 g/mol. The summed E-state index contributed by atoms with van der Waals surface area (Å²) >= 11 is 0. The maximum Gasteiger partial charge on any atom is 0.341 e. The lowest BCUT2D eigenvalue weighted by molar-refractivity contribution is -0.148. The van der Waals surface area contributed by atoms with Gasteiger partial charge in [-0.2, -0.15) is 0 Å². The number of benzene rings is 1. The number of carbonyl (C=O) groups is 2. The van der Waals surface area contributed by atoms with Crippen LogP contribution >= 0.6 is 0 Å². The van der Waals surface area contributed by atoms with Crippen LogP contribution in [0.5, 0.6) is 5.75 Å². The minimum Gasteiger partial charge on any atom is -0.482 e. The van der Waals surface area contributed by atoms with Gasteiger partial charge in [0.25, 0.3) is 5.91 Å². The van der Waals surface area contributed by atoms with Gasteiger partial charge < -0.3 is 19.9 Å². The summed E-state index contributed by atoms with van der Waals surface area (Å²) in [7, 11) is 0. The summed E-state index contributed by atoms with van der Waals surface area (Å²) < 4.78 is 11.1. The van der Waals surface area contributed by atoms with Crippen LogP contribution in [0.15, 0.2) is 24.3 Å². The van der Waals surface area contributed by atoms with E-state index in [1.807, 2.05) is 6.92 Å². The first-order valence-electron chi connectivity index (χ1n) is 8.85. The summed E-state index contributed by atoms with van der Waals surface area (Å²) in [4.78, 5) is 23.4. The zero-order valence-corrected chi connectivity index (χ0v) is 14.9. The molecule has 1 saturated carbocycles. The van der Waals surface area contributed by atoms with Crippen LogP contribution in [0.25, 0.3) is 0 Å². The van der Waals surface area contributed by atoms with Crippen molar-refractivity contribution in [2.75, 3.05) is 18.5 Å². The second-order valence-corrected chi connectivity index (χ2v) is 6.71. The van der Waals surface area contributed by atoms with Gasteiger partial charge >= 0.3 is 5.97 Å². The van der Waals surface area contributed by atoms with Crippen LogP contribution in [-0.2, 0) is 14.3 Å². The van der Waals surface area contributed by atoms with Gasteiger partial charge in [0.2, 0.25) is 0 Å². The lowest BCUT2D eigenvalue weighted by atomic mass is 9.78. The Morgan fingerprint density at radius 2 is 2.04 bits per heavy atom. The molecule has 1 fully saturated rings. The van der Waals surface area contributed by atoms with Crippen molar-refractivity contribution < 1.29 is 24.2 Å². The number of rotatable bonds is 8. The van der Waals surface area contributed by atoms with Gasteiger partial charge in [0.05, 0.1) is 0 Å². The van der Waals surface area contributed by atoms with Crippen LogP contribution in [0.2, 0.25) is 0 Å². The number of carbonyl (C=O) groups excluding carboxylic acids is 1. The van der Waals surface area contributed by atoms with Crippen LogP contribution in [0.3, 0.4) is 0 Å². The summed E-state index contributed by atoms with van der Waals surface area (Å²) in [5.41, 5.74) is -0.114. The standard InChI is InChI=1S/C19H27NO5/c1-3-11-25-19(10-4-5-14(2)12-19)18(23)20-15-6-8-16(9-7-15)24-13-17(21)22/h6-9,14H,3-5,10-13H2,1-2H3,(H,20,23)(H,21,22)/t14-,19+/m1/s1. The summed E-state index contributed by atoms with van der Waals surface area (Å²) in [6.07, 6.45) is 4.46. The van der Waals surface area contributed by atoms with Crippen molar-refractivity contribution in [2.24, 2.45) is 5.92 Å². The Morgan fingerprint density at radius 3 is 2.64 bits per heavy atom. The number of nitrogens with one attached hydrogen (secondary N) is 1. The number of anilines is 1. The van der Waals surface area contributed by atoms with Gasteiger partial charge in [-0.05, 0) is 55.9 Å². The van der Waals surface area contributed by atoms with Gasteiger partial charge in [0, 0.05) is 12.3 Å². The predicted octanol–water partition coefficient (Wildman–Crippen LogP) is 3.46. The quantitative estimate of drug-likeness (QED) is 0.751. The summed E-state index contributed by atoms with van der Waals surface area (Å²) in [6, 6.07) is 6.69. The van der Waals surface area contributed by atoms with E-state index in [4.69, 9.17) is 14.6 Å². The Labute approximate surface area is 148 Å². The molecule has 0 saturated heterocycles. The normalized spacial score (nSPS) is 23.0. The highest BCUT2D eigenvalue weighted by Crippen LogP contribution is 2.36. The molecule has 2 atom stereocenters. The smallest absolute Gasteiger partial charge is 0.341 e. The number of ether oxygens (including phenoxy) is 2. The Kier molecular flexibility index (Phi) is 6.82. The molecule has 138 valence electrons. The van der Waals surface area contributed by atoms with E-state index < -0.39 is 18.2 Å². The molecule has 1 amide bonds. The van der Waals surface area contributed by atoms with Crippen molar-refractivity contribution in [3.63, 3.8) is 0 Å². The maximum atomic E-state index is 12.9. The third-order valence-corrected chi connectivity index (χ3v) is 4.43. The van der Waals surface area contributed by atoms with Crippen molar-refractivity contribution in [1.29, 1.82) is 0 Å². The summed E-state index contributed by atoms with van der Waals surface area (Å²) in [5.74, 6) is -0.225. The Bertz CT molecular complexity index is 586. The molecule has 0 unspecified atom stereocenters. The SMILES string of the molecule is CCCO[C@@]1(C(=O)Nc2ccc(OCC(=O)O)cc2)CCC[C@@H](C)C1. The highest BCUT2D eigenvalue weighted by molar-refractivity contribution is 5.97. The summed E-state index contributed by atoms with van der Waals surface area (Å²) in [6.45, 7) is 4.37. The highest BCUT2D eigenvalue weighted by Gasteiger charge is 2.42. The molecule has 0 spiro atoms. The topological polar surface area (TPSA) is 84.9 Å². The molecule has 2 N–H and O–H groups in total. The van der Waals surface area contributed by atoms with Gasteiger partial charge in [-0.25, -0.2) is 4.79 Å². The third kappa shape index (κ3) is 5.46. The van der Waals surface area contributed by atoms with E-state index in [1.54, 1.807) is 24.3 Å². The van der Waals surface area contributed by atoms with E-state index >= 15 is 0 Å². The van der Waals surface area contributed by atoms with Crippen molar-refractivity contribution in [2.45, 2.75) is 51.6 Å². The Hall–Kier alpha value is -2.08. The lowest BCUT2D eigenvalue weighted by Gasteiger charge is -2.38. The number of carboxylic acids is 1. The molecule has 6 nitrogen and oxygen atoms in total. The second kappa shape index (κ2) is 8.85. The van der Waals surface area contributed by atoms with Crippen LogP contribution < -0.4 is 10.1 Å². The first-order valence-corrected chi connectivity index (χ1v) is 8.85. The fourth-order valence-corrected chi connectivity index (χ4v) is 3.23. The predicted molar refractivity (Wildman–Crippen MR) is 94.8 cm³/mol. The molecule has 0 aromatic heterocycles. The number of hydrogen-bond donors (Lipinski definition) is 2. The average molecular weight is 349 g/mol. The van der Waals surface area contributed by atoms with Crippen molar-refractivity contribution in [3.05, 3.63) is 24.3 Å². The largest absolute Gasteiger partial charge is 0.482 e. The molecule has 1 aromatic carbocycles. The summed E-state index contributed by atoms with van der Waals surface area (Å²) in [5, 5.41) is 11.6. The molecule has 0 bridgehead atoms. The molecule has 1 aliphatic rings. The van der Waals surface area contributed by atoms with E-state index in [-0.39, 0.29) is 5.91 Å². The average Bonchev–Trinajstić information content (AvgIpc) is 2.59. The number of hydrogen-bond acceptors (Lipinski definition) is 4. The number of aliphatic carboxylic acids is 1. The zero-order valence-electron chi connectivity index (χ0n) is 14.9. The number of amides is 1. The second-order valence-electron chi connectivity index (χ2n) is 6.71. The highest BCUT2D eigenvalue weighted by atomic mass is 16.5. The van der Waals surface area contributed by atoms with Crippen LogP contribution in [-0.4, -0.2) is 35.8 Å². The Balaban J connectivity index is 2.03. The zero-order chi connectivity index (χ0) is 18.3. The third-order valence-electron chi connectivity index (χ3n) is 4.43. The molecule has 0 radical (unpaired) electrons. The molecule has 1 aliphatic carbocycles. The molecule has 2 rings (SSSR count). The van der Waals surface area contributed by atoms with Crippen LogP contribution in [0.4, 0.5) is 5.69 Å². The first kappa shape index (κ1) is 19.2. The van der Waals surface area contributed by atoms with Crippen LogP contribution in [0, 0.1) is 5.92 Å². The monoisotopic (exact) mass is 349 g/mol. The fourth-order valence-electron chi connectivity index (χ4n) is 3.23. The molecular formula is C19H27NO5. The number of carboxylic acid groups (broad SMARTS) is 1. The van der Waals surface area contributed by atoms with Gasteiger partial charge in [0.1, 0.15) is 11.4 Å². The minimum absolute atomic E-state index is 0.105. The van der Waals surface area contributed by atoms with E-state index in [1.165, 1.54) is 0 Å². The molecule has 0 aliphatic heterocycles. The van der Waals surface area contributed by atoms with Gasteiger partial charge in [-0.1, -0.05) is 20.3 Å². The molecule has 1 aromatic rings. The van der Waals surface area contributed by atoms with Gasteiger partial charge in [-0.3, -0.25) is 4.79 Å². The van der Waals surface area contributed by atoms with Crippen molar-refractivity contribution >= 4 is 17.6 Å². The van der Waals surface area contributed by atoms with Gasteiger partial charge in [0.15, 0.2) is 6.61 Å². The van der Waals surface area contributed by atoms with E-state index in [0.717, 1.165) is 32.1 Å². The van der Waals surface area contributed by atoms with Crippen LogP contribution in [0.1, 0.15) is 46.0 Å². The molecule has 25 heavy (non-hydrogen) atoms. The lowest BCUT2D eigenvalue weighted by Crippen LogP contribution is -2.48. The molecule has 6 heteroatoms. The first-order chi connectivity index (χ1) is 11.9. The minimum atomic E-state index is -1.03. The van der Waals surface area contributed by atoms with E-state index in [9.17, 15) is 9.59 Å². The maximum absolute atomic E-state index is 12.9. The van der Waals surface area contributed by atoms with E-state index in [2.05, 4.69) is 12.2 Å². The molecule has 0 heterocycles. The van der Waals surface area contributed by atoms with Crippen molar-refractivity contribution in [3.8, 4) is 5.75 Å². The Morgan fingerprint density at radius 1 is 1.32 bits per heavy atom. The van der Waals surface area contributed by atoms with E-state index in [0.29, 0.717) is 24.0 Å². The van der Waals surface area contributed by atoms with Gasteiger partial charge in [-0.15, -0.1) is 0 Å².